The monoisotopic (exact) mass is 1750 g/mol. The van der Waals surface area contributed by atoms with Crippen LogP contribution in [0.15, 0.2) is 133 Å². The van der Waals surface area contributed by atoms with Crippen LogP contribution in [0.2, 0.25) is 5.02 Å². The standard InChI is InChI=1S/C91H106ClN7O26/c1-10-46(27-41(2)3)84(112)97-74-62(104)30-53(33-68(93)106)85(113)95-72-52-31-65(120-56-23-17-49(18-24-56)76(74)107)80(125-89-81(78(109)77(108)67(40-100)122-89)124-70-38-91(8,83(111)44(6)119-70)99(9)39-45-11-13-47(14-12-45)48-15-21-54(92)22-16-48)66(32-52)121-64-26-20-51(28-42(64)4)79(123-69-37-90(7,94)82(110)43(5)118-69)75-87(115)96-73(88(116)117)59-34-55(101)35-61(103)71(59)58-29-50(19-25-60(58)102)57(36-63(72)105)86(114)98-75/h11-26,28-29,31-32,34-35,41,43-44,46,53,57,67,69-70,72-79,81-83,89,100-103,107-111H,10,27,30,33,36-40,94H2,1-9H3,(H2,93,106)(H,95,113)(H,96,115)(H,97,112)(H,98,114)(H,116,117)/t43-,44-,46+,53-,57+,67?,69-,70-,72+,73-,74-,75-,76+,77+,78?,79+,81?,82-,83-,89-,90?,91?/m0/s1. The van der Waals surface area contributed by atoms with E-state index in [1.54, 1.807) is 32.9 Å². The van der Waals surface area contributed by atoms with E-state index in [-0.39, 0.29) is 58.1 Å². The number of amides is 5. The third-order valence-corrected chi connectivity index (χ3v) is 24.8. The van der Waals surface area contributed by atoms with E-state index in [9.17, 15) is 65.4 Å². The normalized spacial score (nSPS) is 29.9. The Morgan fingerprint density at radius 1 is 0.688 bits per heavy atom. The van der Waals surface area contributed by atoms with Crippen LogP contribution in [0.3, 0.4) is 0 Å². The summed E-state index contributed by atoms with van der Waals surface area (Å²) in [6, 6.07) is 24.0. The van der Waals surface area contributed by atoms with Gasteiger partial charge in [0.1, 0.15) is 77.4 Å². The minimum atomic E-state index is -2.25. The number of carbonyl (C=O) groups excluding carboxylic acids is 7. The van der Waals surface area contributed by atoms with E-state index in [0.29, 0.717) is 24.4 Å². The number of primary amides is 1. The fourth-order valence-corrected chi connectivity index (χ4v) is 17.5. The number of phenolic OH excluding ortho intramolecular Hbond substituents is 3. The van der Waals surface area contributed by atoms with Crippen molar-refractivity contribution in [3.05, 3.63) is 177 Å². The van der Waals surface area contributed by atoms with Crippen molar-refractivity contribution in [2.24, 2.45) is 29.2 Å². The summed E-state index contributed by atoms with van der Waals surface area (Å²) in [4.78, 5) is 123. The Labute approximate surface area is 725 Å². The molecule has 7 aromatic rings. The van der Waals surface area contributed by atoms with E-state index in [1.807, 2.05) is 62.2 Å². The highest BCUT2D eigenvalue weighted by atomic mass is 35.5. The van der Waals surface area contributed by atoms with Crippen molar-refractivity contribution in [2.75, 3.05) is 13.7 Å². The zero-order valence-corrected chi connectivity index (χ0v) is 70.9. The number of hydrogen-bond donors (Lipinski definition) is 16. The number of nitrogens with two attached hydrogens (primary N) is 2. The van der Waals surface area contributed by atoms with Gasteiger partial charge in [-0.05, 0) is 172 Å². The molecule has 668 valence electrons. The lowest BCUT2D eigenvalue weighted by Crippen LogP contribution is -2.65. The number of ketones is 2. The third-order valence-electron chi connectivity index (χ3n) is 24.5. The largest absolute Gasteiger partial charge is 0.508 e. The minimum Gasteiger partial charge on any atom is -0.508 e. The number of halogens is 1. The number of hydrogen-bond acceptors (Lipinski definition) is 27. The van der Waals surface area contributed by atoms with Crippen LogP contribution in [0.4, 0.5) is 0 Å². The van der Waals surface area contributed by atoms with Gasteiger partial charge in [0.25, 0.3) is 0 Å². The van der Waals surface area contributed by atoms with Gasteiger partial charge < -0.3 is 122 Å². The molecule has 7 aromatic carbocycles. The van der Waals surface area contributed by atoms with E-state index >= 15 is 24.0 Å². The van der Waals surface area contributed by atoms with Gasteiger partial charge in [-0.2, -0.15) is 0 Å². The molecule has 0 radical (unpaired) electrons. The lowest BCUT2D eigenvalue weighted by molar-refractivity contribution is -0.338. The number of carbonyl (C=O) groups is 8. The van der Waals surface area contributed by atoms with Gasteiger partial charge in [0.05, 0.1) is 48.4 Å². The fourth-order valence-electron chi connectivity index (χ4n) is 17.4. The summed E-state index contributed by atoms with van der Waals surface area (Å²) in [6.07, 6.45) is -23.2. The van der Waals surface area contributed by atoms with Crippen molar-refractivity contribution in [1.29, 1.82) is 0 Å². The highest BCUT2D eigenvalue weighted by molar-refractivity contribution is 6.30. The van der Waals surface area contributed by atoms with Gasteiger partial charge in [-0.15, -0.1) is 0 Å². The number of carboxylic acid groups (broad SMARTS) is 1. The number of rotatable bonds is 19. The molecule has 0 saturated carbocycles. The second-order valence-corrected chi connectivity index (χ2v) is 34.7. The second-order valence-electron chi connectivity index (χ2n) is 34.2. The third kappa shape index (κ3) is 19.9. The zero-order chi connectivity index (χ0) is 90.3. The predicted molar refractivity (Wildman–Crippen MR) is 448 cm³/mol. The molecule has 8 aliphatic rings. The summed E-state index contributed by atoms with van der Waals surface area (Å²) in [5.74, 6) is -17.8. The van der Waals surface area contributed by atoms with Crippen LogP contribution < -0.4 is 46.9 Å². The van der Waals surface area contributed by atoms with Crippen LogP contribution in [0.5, 0.6) is 46.0 Å². The number of aromatic hydroxyl groups is 3. The molecule has 22 atom stereocenters. The molecule has 5 unspecified atom stereocenters. The number of ether oxygens (including phenoxy) is 8. The number of nitrogens with zero attached hydrogens (tertiary/aromatic N) is 1. The number of aryl methyl sites for hydroxylation is 1. The number of Topliss-reactive ketones (excluding diaryl/α,β-unsaturated/α-hetero) is 2. The molecule has 0 aliphatic carbocycles. The molecule has 125 heavy (non-hydrogen) atoms. The number of aliphatic hydroxyl groups excluding tert-OH is 6. The lowest BCUT2D eigenvalue weighted by Gasteiger charge is -2.51. The van der Waals surface area contributed by atoms with Gasteiger partial charge in [0.2, 0.25) is 41.6 Å². The average Bonchev–Trinajstić information content (AvgIpc) is 0.765. The maximum Gasteiger partial charge on any atom is 0.330 e. The van der Waals surface area contributed by atoms with Gasteiger partial charge in [0.15, 0.2) is 47.8 Å². The number of carboxylic acids is 1. The van der Waals surface area contributed by atoms with Gasteiger partial charge in [0, 0.05) is 77.9 Å². The van der Waals surface area contributed by atoms with Crippen molar-refractivity contribution in [1.82, 2.24) is 26.2 Å². The molecule has 34 heteroatoms. The number of nitrogens with one attached hydrogen (secondary N) is 4. The first-order valence-corrected chi connectivity index (χ1v) is 41.8. The Morgan fingerprint density at radius 2 is 1.33 bits per heavy atom. The summed E-state index contributed by atoms with van der Waals surface area (Å²) in [6.45, 7) is 12.9. The van der Waals surface area contributed by atoms with Crippen molar-refractivity contribution in [3.8, 4) is 68.2 Å². The summed E-state index contributed by atoms with van der Waals surface area (Å²) in [5.41, 5.74) is 11.0. The molecule has 3 fully saturated rings. The highest BCUT2D eigenvalue weighted by Gasteiger charge is 2.54. The fraction of sp³-hybridized carbons (Fsp3) is 0.451. The van der Waals surface area contributed by atoms with E-state index in [0.717, 1.165) is 41.0 Å². The van der Waals surface area contributed by atoms with E-state index in [1.165, 1.54) is 81.4 Å². The molecular formula is C91H106ClN7O26. The number of aliphatic carboxylic acids is 1. The van der Waals surface area contributed by atoms with Crippen LogP contribution in [0, 0.1) is 24.7 Å². The van der Waals surface area contributed by atoms with Crippen LogP contribution in [0.25, 0.3) is 22.3 Å². The smallest absolute Gasteiger partial charge is 0.330 e. The Bertz CT molecular complexity index is 5200. The maximum atomic E-state index is 16.7. The Hall–Kier alpha value is -10.7. The summed E-state index contributed by atoms with van der Waals surface area (Å²) in [5, 5.41) is 129. The van der Waals surface area contributed by atoms with Gasteiger partial charge in [-0.3, -0.25) is 38.5 Å². The summed E-state index contributed by atoms with van der Waals surface area (Å²) < 4.78 is 53.7. The van der Waals surface area contributed by atoms with Crippen molar-refractivity contribution in [2.45, 2.75) is 228 Å². The van der Waals surface area contributed by atoms with Crippen LogP contribution in [-0.4, -0.2) is 208 Å². The molecule has 15 rings (SSSR count). The molecule has 18 N–H and O–H groups in total. The Balaban J connectivity index is 1.01. The first kappa shape index (κ1) is 92.0. The van der Waals surface area contributed by atoms with E-state index in [4.69, 9.17) is 61.0 Å². The predicted octanol–water partition coefficient (Wildman–Crippen LogP) is 7.25. The van der Waals surface area contributed by atoms with Crippen LogP contribution in [-0.2, 0) is 68.6 Å². The van der Waals surface area contributed by atoms with Gasteiger partial charge in [-0.25, -0.2) is 4.79 Å². The molecule has 0 spiro atoms. The number of benzene rings is 7. The summed E-state index contributed by atoms with van der Waals surface area (Å²) >= 11 is 6.20. The number of phenols is 3. The quantitative estimate of drug-likeness (QED) is 0.0379. The van der Waals surface area contributed by atoms with Gasteiger partial charge in [-0.1, -0.05) is 93.0 Å². The molecule has 0 aromatic heterocycles. The topological polar surface area (TPSA) is 516 Å². The molecule has 3 saturated heterocycles. The second kappa shape index (κ2) is 37.8. The van der Waals surface area contributed by atoms with Crippen molar-refractivity contribution >= 4 is 58.7 Å². The number of aliphatic hydroxyl groups is 6. The number of likely N-dealkylation sites (N-methyl/N-ethyl adjacent to an activating group) is 1. The van der Waals surface area contributed by atoms with E-state index in [2.05, 4.69) is 21.3 Å². The molecule has 8 heterocycles. The van der Waals surface area contributed by atoms with E-state index < -0.39 is 257 Å². The SMILES string of the molecule is CC[C@H](CC(C)C)C(=O)N[C@H]1C(=O)C[C@@H](CC(N)=O)C(=O)N[C@H]2C(=O)C[C@H]3C(=O)N[C@H](C(=O)N[C@H](C(=O)O)c4cc(O)cc(O)c4-c4cc3ccc4O)[C@H](O[C@H]3CC(C)(N)[C@@H](O)[C@H](C)O3)c3ccc(c(C)c3)Oc3cc2cc(c3O[C@@H]2OC(CO)[C@@H](O)C(O)C2O[C@H]2CC(C)(N(C)Cc3ccc(-c4ccc(Cl)cc4)cc3)[C@@H](O)[C@H](C)O2)Oc2ccc(cc2)[C@H]1O. The Kier molecular flexibility index (Phi) is 27.8. The Morgan fingerprint density at radius 3 is 1.96 bits per heavy atom. The molecule has 5 amide bonds. The van der Waals surface area contributed by atoms with Crippen LogP contribution >= 0.6 is 11.6 Å². The first-order chi connectivity index (χ1) is 59.2. The lowest BCUT2D eigenvalue weighted by atomic mass is 9.83. The van der Waals surface area contributed by atoms with Crippen LogP contribution in [0.1, 0.15) is 163 Å². The average molecular weight is 1750 g/mol. The summed E-state index contributed by atoms with van der Waals surface area (Å²) in [7, 11) is 1.81. The maximum absolute atomic E-state index is 16.7. The van der Waals surface area contributed by atoms with Crippen molar-refractivity contribution in [3.63, 3.8) is 0 Å². The molecule has 11 bridgehead atoms. The molecule has 8 aliphatic heterocycles. The zero-order valence-electron chi connectivity index (χ0n) is 70.2. The van der Waals surface area contributed by atoms with Gasteiger partial charge >= 0.3 is 5.97 Å². The molecule has 33 nitrogen and oxygen atoms in total. The minimum absolute atomic E-state index is 0.0108. The molecular weight excluding hydrogens is 1640 g/mol. The highest BCUT2D eigenvalue weighted by Crippen LogP contribution is 2.51. The van der Waals surface area contributed by atoms with Crippen molar-refractivity contribution < 1.29 is 127 Å². The first-order valence-electron chi connectivity index (χ1n) is 41.4. The number of fused-ring (bicyclic) bond motifs is 15.